The van der Waals surface area contributed by atoms with Gasteiger partial charge in [-0.1, -0.05) is 0 Å². The van der Waals surface area contributed by atoms with Gasteiger partial charge in [-0.15, -0.1) is 0 Å². The highest BCUT2D eigenvalue weighted by atomic mass is 35.5. The predicted molar refractivity (Wildman–Crippen MR) is 50.6 cm³/mol. The molecule has 0 spiro atoms. The lowest BCUT2D eigenvalue weighted by Crippen LogP contribution is -1.94. The molecule has 5 heteroatoms. The standard InChI is InChI=1S/C8H6ClN3O/c9-8-11-6-3-4(13)1-2-5(6)7(10)12-8/h1-3,13H,(H2,10,11,12). The van der Waals surface area contributed by atoms with E-state index in [1.54, 1.807) is 6.07 Å². The van der Waals surface area contributed by atoms with Crippen LogP contribution in [-0.2, 0) is 0 Å². The normalized spacial score (nSPS) is 10.5. The van der Waals surface area contributed by atoms with Gasteiger partial charge in [-0.2, -0.15) is 0 Å². The number of phenolic OH excluding ortho intramolecular Hbond substituents is 1. The summed E-state index contributed by atoms with van der Waals surface area (Å²) >= 11 is 5.59. The van der Waals surface area contributed by atoms with Gasteiger partial charge in [0.15, 0.2) is 0 Å². The Kier molecular flexibility index (Phi) is 1.70. The molecule has 0 aliphatic carbocycles. The minimum atomic E-state index is 0.0793. The van der Waals surface area contributed by atoms with Crippen LogP contribution in [0, 0.1) is 0 Å². The number of benzene rings is 1. The molecule has 0 amide bonds. The second-order valence-electron chi connectivity index (χ2n) is 2.58. The van der Waals surface area contributed by atoms with Crippen molar-refractivity contribution in [3.05, 3.63) is 23.5 Å². The van der Waals surface area contributed by atoms with E-state index in [2.05, 4.69) is 9.97 Å². The maximum absolute atomic E-state index is 9.17. The van der Waals surface area contributed by atoms with Crippen LogP contribution >= 0.6 is 11.6 Å². The second-order valence-corrected chi connectivity index (χ2v) is 2.92. The van der Waals surface area contributed by atoms with Crippen LogP contribution < -0.4 is 5.73 Å². The van der Waals surface area contributed by atoms with Crippen LogP contribution in [0.1, 0.15) is 0 Å². The summed E-state index contributed by atoms with van der Waals surface area (Å²) in [7, 11) is 0. The molecule has 0 saturated carbocycles. The average Bonchev–Trinajstić information content (AvgIpc) is 2.02. The highest BCUT2D eigenvalue weighted by molar-refractivity contribution is 6.28. The van der Waals surface area contributed by atoms with Crippen LogP contribution in [-0.4, -0.2) is 15.1 Å². The fourth-order valence-corrected chi connectivity index (χ4v) is 1.30. The number of nitrogens with two attached hydrogens (primary N) is 1. The summed E-state index contributed by atoms with van der Waals surface area (Å²) in [6.07, 6.45) is 0. The van der Waals surface area contributed by atoms with E-state index in [1.165, 1.54) is 12.1 Å². The number of anilines is 1. The molecular weight excluding hydrogens is 190 g/mol. The van der Waals surface area contributed by atoms with Crippen molar-refractivity contribution in [3.8, 4) is 5.75 Å². The number of aromatic hydroxyl groups is 1. The molecule has 0 aliphatic heterocycles. The maximum atomic E-state index is 9.17. The Morgan fingerprint density at radius 1 is 1.31 bits per heavy atom. The Balaban J connectivity index is 2.86. The van der Waals surface area contributed by atoms with Crippen molar-refractivity contribution in [1.29, 1.82) is 0 Å². The quantitative estimate of drug-likeness (QED) is 0.626. The molecule has 1 aromatic carbocycles. The van der Waals surface area contributed by atoms with Gasteiger partial charge in [0.25, 0.3) is 0 Å². The molecule has 0 unspecified atom stereocenters. The highest BCUT2D eigenvalue weighted by Gasteiger charge is 2.03. The van der Waals surface area contributed by atoms with E-state index in [0.29, 0.717) is 16.7 Å². The van der Waals surface area contributed by atoms with E-state index >= 15 is 0 Å². The number of phenols is 1. The van der Waals surface area contributed by atoms with Gasteiger partial charge in [0.1, 0.15) is 11.6 Å². The largest absolute Gasteiger partial charge is 0.508 e. The molecule has 66 valence electrons. The third-order valence-electron chi connectivity index (χ3n) is 1.68. The number of nitrogen functional groups attached to an aromatic ring is 1. The number of nitrogens with zero attached hydrogens (tertiary/aromatic N) is 2. The SMILES string of the molecule is Nc1nc(Cl)nc2cc(O)ccc12. The lowest BCUT2D eigenvalue weighted by atomic mass is 10.2. The smallest absolute Gasteiger partial charge is 0.224 e. The zero-order valence-corrected chi connectivity index (χ0v) is 7.28. The lowest BCUT2D eigenvalue weighted by Gasteiger charge is -2.01. The Bertz CT molecular complexity index is 467. The fourth-order valence-electron chi connectivity index (χ4n) is 1.11. The molecule has 0 saturated heterocycles. The number of hydrogen-bond acceptors (Lipinski definition) is 4. The van der Waals surface area contributed by atoms with Gasteiger partial charge in [-0.05, 0) is 23.7 Å². The summed E-state index contributed by atoms with van der Waals surface area (Å²) in [6, 6.07) is 4.66. The Morgan fingerprint density at radius 2 is 2.08 bits per heavy atom. The fraction of sp³-hybridized carbons (Fsp3) is 0. The third kappa shape index (κ3) is 1.36. The minimum absolute atomic E-state index is 0.0793. The first-order valence-electron chi connectivity index (χ1n) is 3.58. The average molecular weight is 196 g/mol. The summed E-state index contributed by atoms with van der Waals surface area (Å²) in [6.45, 7) is 0. The van der Waals surface area contributed by atoms with Crippen LogP contribution in [0.5, 0.6) is 5.75 Å². The van der Waals surface area contributed by atoms with E-state index in [4.69, 9.17) is 22.4 Å². The topological polar surface area (TPSA) is 72.0 Å². The van der Waals surface area contributed by atoms with Crippen molar-refractivity contribution in [2.75, 3.05) is 5.73 Å². The first kappa shape index (κ1) is 8.07. The van der Waals surface area contributed by atoms with E-state index < -0.39 is 0 Å². The van der Waals surface area contributed by atoms with Crippen LogP contribution in [0.3, 0.4) is 0 Å². The monoisotopic (exact) mass is 195 g/mol. The zero-order valence-electron chi connectivity index (χ0n) is 6.53. The van der Waals surface area contributed by atoms with Crippen molar-refractivity contribution in [2.45, 2.75) is 0 Å². The summed E-state index contributed by atoms with van der Waals surface area (Å²) in [4.78, 5) is 7.69. The molecule has 13 heavy (non-hydrogen) atoms. The van der Waals surface area contributed by atoms with Gasteiger partial charge >= 0.3 is 0 Å². The van der Waals surface area contributed by atoms with Crippen LogP contribution in [0.15, 0.2) is 18.2 Å². The molecule has 2 rings (SSSR count). The summed E-state index contributed by atoms with van der Waals surface area (Å²) in [5.41, 5.74) is 6.13. The van der Waals surface area contributed by atoms with Crippen molar-refractivity contribution in [2.24, 2.45) is 0 Å². The molecule has 4 nitrogen and oxygen atoms in total. The summed E-state index contributed by atoms with van der Waals surface area (Å²) < 4.78 is 0. The van der Waals surface area contributed by atoms with E-state index in [9.17, 15) is 0 Å². The van der Waals surface area contributed by atoms with Crippen molar-refractivity contribution < 1.29 is 5.11 Å². The van der Waals surface area contributed by atoms with Crippen LogP contribution in [0.25, 0.3) is 10.9 Å². The van der Waals surface area contributed by atoms with E-state index in [0.717, 1.165) is 0 Å². The van der Waals surface area contributed by atoms with Gasteiger partial charge in [0, 0.05) is 11.5 Å². The molecule has 1 heterocycles. The zero-order chi connectivity index (χ0) is 9.42. The minimum Gasteiger partial charge on any atom is -0.508 e. The van der Waals surface area contributed by atoms with Gasteiger partial charge < -0.3 is 10.8 Å². The Hall–Kier alpha value is -1.55. The molecule has 3 N–H and O–H groups in total. The third-order valence-corrected chi connectivity index (χ3v) is 1.85. The first-order valence-corrected chi connectivity index (χ1v) is 3.96. The van der Waals surface area contributed by atoms with E-state index in [1.807, 2.05) is 0 Å². The molecular formula is C8H6ClN3O. The molecule has 0 atom stereocenters. The molecule has 0 bridgehead atoms. The molecule has 0 fully saturated rings. The van der Waals surface area contributed by atoms with E-state index in [-0.39, 0.29) is 11.0 Å². The second kappa shape index (κ2) is 2.74. The number of aromatic nitrogens is 2. The molecule has 0 aliphatic rings. The highest BCUT2D eigenvalue weighted by Crippen LogP contribution is 2.22. The summed E-state index contributed by atoms with van der Waals surface area (Å²) in [5.74, 6) is 0.441. The van der Waals surface area contributed by atoms with Crippen LogP contribution in [0.4, 0.5) is 5.82 Å². The molecule has 0 radical (unpaired) electrons. The number of fused-ring (bicyclic) bond motifs is 1. The van der Waals surface area contributed by atoms with Crippen molar-refractivity contribution in [1.82, 2.24) is 9.97 Å². The maximum Gasteiger partial charge on any atom is 0.224 e. The molecule has 1 aromatic heterocycles. The number of rotatable bonds is 0. The van der Waals surface area contributed by atoms with Gasteiger partial charge in [0.2, 0.25) is 5.28 Å². The Labute approximate surface area is 79.0 Å². The summed E-state index contributed by atoms with van der Waals surface area (Å²) in [5, 5.41) is 9.93. The van der Waals surface area contributed by atoms with Gasteiger partial charge in [0.05, 0.1) is 5.52 Å². The van der Waals surface area contributed by atoms with Gasteiger partial charge in [-0.3, -0.25) is 0 Å². The Morgan fingerprint density at radius 3 is 2.85 bits per heavy atom. The molecule has 2 aromatic rings. The van der Waals surface area contributed by atoms with Crippen LogP contribution in [0.2, 0.25) is 5.28 Å². The number of hydrogen-bond donors (Lipinski definition) is 2. The van der Waals surface area contributed by atoms with Crippen molar-refractivity contribution in [3.63, 3.8) is 0 Å². The number of halogens is 1. The predicted octanol–water partition coefficient (Wildman–Crippen LogP) is 1.57. The lowest BCUT2D eigenvalue weighted by molar-refractivity contribution is 0.476. The van der Waals surface area contributed by atoms with Gasteiger partial charge in [-0.25, -0.2) is 9.97 Å². The first-order chi connectivity index (χ1) is 6.16. The van der Waals surface area contributed by atoms with Crippen molar-refractivity contribution >= 4 is 28.3 Å².